The molecule has 0 atom stereocenters. The average molecular weight is 269 g/mol. The van der Waals surface area contributed by atoms with Crippen LogP contribution in [0.2, 0.25) is 10.0 Å². The Morgan fingerprint density at radius 3 is 2.71 bits per heavy atom. The maximum Gasteiger partial charge on any atom is 0.146 e. The molecule has 0 saturated heterocycles. The zero-order valence-electron chi connectivity index (χ0n) is 8.86. The van der Waals surface area contributed by atoms with Crippen LogP contribution in [0.3, 0.4) is 0 Å². The second kappa shape index (κ2) is 5.36. The third kappa shape index (κ3) is 3.09. The fourth-order valence-corrected chi connectivity index (χ4v) is 1.76. The molecule has 0 unspecified atom stereocenters. The molecule has 2 N–H and O–H groups in total. The Bertz CT molecular complexity index is 532. The monoisotopic (exact) mass is 268 g/mol. The average Bonchev–Trinajstić information content (AvgIpc) is 2.33. The van der Waals surface area contributed by atoms with Crippen molar-refractivity contribution in [1.29, 1.82) is 0 Å². The molecule has 88 valence electrons. The molecule has 0 aliphatic rings. The Hall–Kier alpha value is -1.29. The fraction of sp³-hybridized carbons (Fsp3) is 0.0833. The minimum absolute atomic E-state index is 0.367. The molecule has 1 heterocycles. The van der Waals surface area contributed by atoms with Gasteiger partial charge in [-0.25, -0.2) is 0 Å². The largest absolute Gasteiger partial charge is 0.456 e. The zero-order valence-corrected chi connectivity index (χ0v) is 10.4. The Morgan fingerprint density at radius 1 is 1.18 bits per heavy atom. The SMILES string of the molecule is NCc1cc(Oc2ccc(Cl)cc2Cl)ccn1. The van der Waals surface area contributed by atoms with Gasteiger partial charge in [-0.15, -0.1) is 0 Å². The highest BCUT2D eigenvalue weighted by Gasteiger charge is 2.04. The van der Waals surface area contributed by atoms with Crippen LogP contribution in [0.25, 0.3) is 0 Å². The van der Waals surface area contributed by atoms with Crippen molar-refractivity contribution in [2.24, 2.45) is 5.73 Å². The number of benzene rings is 1. The predicted octanol–water partition coefficient (Wildman–Crippen LogP) is 3.64. The molecule has 2 rings (SSSR count). The molecular weight excluding hydrogens is 259 g/mol. The molecular formula is C12H10Cl2N2O. The molecule has 0 bridgehead atoms. The molecule has 0 spiro atoms. The van der Waals surface area contributed by atoms with Crippen LogP contribution in [0.4, 0.5) is 0 Å². The topological polar surface area (TPSA) is 48.1 Å². The lowest BCUT2D eigenvalue weighted by atomic mass is 10.3. The normalized spacial score (nSPS) is 10.3. The summed E-state index contributed by atoms with van der Waals surface area (Å²) in [5.41, 5.74) is 6.26. The number of hydrogen-bond donors (Lipinski definition) is 1. The molecule has 1 aromatic carbocycles. The molecule has 0 aliphatic carbocycles. The van der Waals surface area contributed by atoms with Gasteiger partial charge in [-0.2, -0.15) is 0 Å². The van der Waals surface area contributed by atoms with Gasteiger partial charge in [-0.3, -0.25) is 4.98 Å². The summed E-state index contributed by atoms with van der Waals surface area (Å²) in [5, 5.41) is 1.03. The molecule has 0 aliphatic heterocycles. The molecule has 0 saturated carbocycles. The van der Waals surface area contributed by atoms with Crippen molar-refractivity contribution >= 4 is 23.2 Å². The van der Waals surface area contributed by atoms with Crippen LogP contribution >= 0.6 is 23.2 Å². The van der Waals surface area contributed by atoms with Gasteiger partial charge in [0.05, 0.1) is 10.7 Å². The summed E-state index contributed by atoms with van der Waals surface area (Å²) in [6.45, 7) is 0.367. The van der Waals surface area contributed by atoms with Gasteiger partial charge in [0, 0.05) is 23.8 Å². The summed E-state index contributed by atoms with van der Waals surface area (Å²) < 4.78 is 5.62. The van der Waals surface area contributed by atoms with Crippen LogP contribution in [-0.2, 0) is 6.54 Å². The van der Waals surface area contributed by atoms with Crippen LogP contribution < -0.4 is 10.5 Å². The van der Waals surface area contributed by atoms with Gasteiger partial charge in [0.1, 0.15) is 11.5 Å². The van der Waals surface area contributed by atoms with Crippen molar-refractivity contribution in [3.8, 4) is 11.5 Å². The van der Waals surface area contributed by atoms with E-state index in [2.05, 4.69) is 4.98 Å². The highest BCUT2D eigenvalue weighted by atomic mass is 35.5. The van der Waals surface area contributed by atoms with Crippen molar-refractivity contribution < 1.29 is 4.74 Å². The Kier molecular flexibility index (Phi) is 3.84. The Labute approximate surface area is 109 Å². The number of pyridine rings is 1. The van der Waals surface area contributed by atoms with E-state index in [0.29, 0.717) is 28.1 Å². The predicted molar refractivity (Wildman–Crippen MR) is 68.7 cm³/mol. The molecule has 17 heavy (non-hydrogen) atoms. The lowest BCUT2D eigenvalue weighted by molar-refractivity contribution is 0.481. The van der Waals surface area contributed by atoms with Gasteiger partial charge >= 0.3 is 0 Å². The van der Waals surface area contributed by atoms with E-state index in [1.54, 1.807) is 36.5 Å². The van der Waals surface area contributed by atoms with Crippen LogP contribution in [0, 0.1) is 0 Å². The third-order valence-corrected chi connectivity index (χ3v) is 2.65. The van der Waals surface area contributed by atoms with E-state index in [0.717, 1.165) is 5.69 Å². The van der Waals surface area contributed by atoms with Crippen LogP contribution in [0.5, 0.6) is 11.5 Å². The lowest BCUT2D eigenvalue weighted by Gasteiger charge is -2.08. The first-order valence-electron chi connectivity index (χ1n) is 4.97. The van der Waals surface area contributed by atoms with Crippen LogP contribution in [-0.4, -0.2) is 4.98 Å². The number of nitrogens with zero attached hydrogens (tertiary/aromatic N) is 1. The van der Waals surface area contributed by atoms with E-state index < -0.39 is 0 Å². The van der Waals surface area contributed by atoms with Gasteiger partial charge < -0.3 is 10.5 Å². The summed E-state index contributed by atoms with van der Waals surface area (Å²) in [7, 11) is 0. The van der Waals surface area contributed by atoms with E-state index in [1.165, 1.54) is 0 Å². The van der Waals surface area contributed by atoms with Gasteiger partial charge in [-0.1, -0.05) is 23.2 Å². The van der Waals surface area contributed by atoms with Crippen molar-refractivity contribution in [2.75, 3.05) is 0 Å². The summed E-state index contributed by atoms with van der Waals surface area (Å²) >= 11 is 11.8. The summed E-state index contributed by atoms with van der Waals surface area (Å²) in [5.74, 6) is 1.19. The Morgan fingerprint density at radius 2 is 2.00 bits per heavy atom. The highest BCUT2D eigenvalue weighted by Crippen LogP contribution is 2.31. The second-order valence-electron chi connectivity index (χ2n) is 3.36. The first-order valence-corrected chi connectivity index (χ1v) is 5.72. The minimum atomic E-state index is 0.367. The molecule has 0 amide bonds. The maximum absolute atomic E-state index is 6.00. The summed E-state index contributed by atoms with van der Waals surface area (Å²) in [6.07, 6.45) is 1.64. The number of ether oxygens (including phenoxy) is 1. The standard InChI is InChI=1S/C12H10Cl2N2O/c13-8-1-2-12(11(14)5-8)17-10-3-4-16-9(6-10)7-15/h1-6H,7,15H2. The fourth-order valence-electron chi connectivity index (χ4n) is 1.32. The van der Waals surface area contributed by atoms with E-state index >= 15 is 0 Å². The molecule has 1 aromatic heterocycles. The van der Waals surface area contributed by atoms with Gasteiger partial charge in [0.15, 0.2) is 0 Å². The Balaban J connectivity index is 2.25. The van der Waals surface area contributed by atoms with Gasteiger partial charge in [0.2, 0.25) is 0 Å². The first kappa shape index (κ1) is 12.2. The number of nitrogens with two attached hydrogens (primary N) is 1. The van der Waals surface area contributed by atoms with Crippen molar-refractivity contribution in [2.45, 2.75) is 6.54 Å². The lowest BCUT2D eigenvalue weighted by Crippen LogP contribution is -1.99. The van der Waals surface area contributed by atoms with E-state index in [-0.39, 0.29) is 0 Å². The van der Waals surface area contributed by atoms with Gasteiger partial charge in [0.25, 0.3) is 0 Å². The second-order valence-corrected chi connectivity index (χ2v) is 4.21. The molecule has 2 aromatic rings. The smallest absolute Gasteiger partial charge is 0.146 e. The number of rotatable bonds is 3. The van der Waals surface area contributed by atoms with E-state index in [9.17, 15) is 0 Å². The number of hydrogen-bond acceptors (Lipinski definition) is 3. The summed E-state index contributed by atoms with van der Waals surface area (Å²) in [6, 6.07) is 8.57. The first-order chi connectivity index (χ1) is 8.19. The quantitative estimate of drug-likeness (QED) is 0.925. The maximum atomic E-state index is 6.00. The van der Waals surface area contributed by atoms with E-state index in [4.69, 9.17) is 33.7 Å². The van der Waals surface area contributed by atoms with Crippen molar-refractivity contribution in [3.63, 3.8) is 0 Å². The van der Waals surface area contributed by atoms with Crippen LogP contribution in [0.15, 0.2) is 36.5 Å². The van der Waals surface area contributed by atoms with E-state index in [1.807, 2.05) is 0 Å². The van der Waals surface area contributed by atoms with Crippen molar-refractivity contribution in [1.82, 2.24) is 4.98 Å². The molecule has 5 heteroatoms. The third-order valence-electron chi connectivity index (χ3n) is 2.12. The molecule has 0 fully saturated rings. The number of halogens is 2. The zero-order chi connectivity index (χ0) is 12.3. The summed E-state index contributed by atoms with van der Waals surface area (Å²) in [4.78, 5) is 4.08. The highest BCUT2D eigenvalue weighted by molar-refractivity contribution is 6.35. The minimum Gasteiger partial charge on any atom is -0.456 e. The number of aromatic nitrogens is 1. The van der Waals surface area contributed by atoms with Crippen LogP contribution in [0.1, 0.15) is 5.69 Å². The van der Waals surface area contributed by atoms with Gasteiger partial charge in [-0.05, 0) is 24.3 Å². The molecule has 3 nitrogen and oxygen atoms in total. The molecule has 0 radical (unpaired) electrons. The van der Waals surface area contributed by atoms with Crippen molar-refractivity contribution in [3.05, 3.63) is 52.3 Å².